The smallest absolute Gasteiger partial charge is 0.172 e. The molecule has 0 amide bonds. The lowest BCUT2D eigenvalue weighted by atomic mass is 10.1. The van der Waals surface area contributed by atoms with Crippen molar-refractivity contribution in [3.8, 4) is 0 Å². The van der Waals surface area contributed by atoms with Crippen LogP contribution in [0.25, 0.3) is 0 Å². The molecule has 21 heavy (non-hydrogen) atoms. The summed E-state index contributed by atoms with van der Waals surface area (Å²) in [5.41, 5.74) is 8.72. The van der Waals surface area contributed by atoms with Gasteiger partial charge in [0.15, 0.2) is 5.84 Å². The van der Waals surface area contributed by atoms with Crippen LogP contribution in [0, 0.1) is 6.92 Å². The molecule has 1 aliphatic heterocycles. The number of nitrogens with zero attached hydrogens (tertiary/aromatic N) is 3. The number of nitrogens with two attached hydrogens (primary N) is 1. The normalized spacial score (nSPS) is 17.8. The molecule has 1 aliphatic rings. The molecular weight excluding hydrogens is 268 g/mol. The van der Waals surface area contributed by atoms with E-state index in [9.17, 15) is 0 Å². The van der Waals surface area contributed by atoms with Gasteiger partial charge in [0, 0.05) is 37.4 Å². The van der Waals surface area contributed by atoms with Gasteiger partial charge in [-0.2, -0.15) is 0 Å². The van der Waals surface area contributed by atoms with Crippen molar-refractivity contribution in [3.05, 3.63) is 29.3 Å². The van der Waals surface area contributed by atoms with Crippen molar-refractivity contribution < 1.29 is 10.3 Å². The van der Waals surface area contributed by atoms with Gasteiger partial charge >= 0.3 is 0 Å². The first-order chi connectivity index (χ1) is 10.2. The Kier molecular flexibility index (Phi) is 5.41. The number of benzene rings is 1. The van der Waals surface area contributed by atoms with Crippen LogP contribution in [0.1, 0.15) is 17.5 Å². The van der Waals surface area contributed by atoms with Gasteiger partial charge in [0.25, 0.3) is 0 Å². The van der Waals surface area contributed by atoms with E-state index < -0.39 is 0 Å². The van der Waals surface area contributed by atoms with Crippen LogP contribution in [0.5, 0.6) is 0 Å². The Morgan fingerprint density at radius 1 is 1.29 bits per heavy atom. The lowest BCUT2D eigenvalue weighted by Gasteiger charge is -2.26. The van der Waals surface area contributed by atoms with E-state index in [-0.39, 0.29) is 12.4 Å². The molecule has 0 unspecified atom stereocenters. The summed E-state index contributed by atoms with van der Waals surface area (Å²) in [5, 5.41) is 21.2. The van der Waals surface area contributed by atoms with E-state index in [4.69, 9.17) is 16.0 Å². The average Bonchev–Trinajstić information content (AvgIpc) is 2.72. The van der Waals surface area contributed by atoms with Gasteiger partial charge in [-0.05, 0) is 37.6 Å². The molecule has 1 saturated heterocycles. The quantitative estimate of drug-likeness (QED) is 0.327. The summed E-state index contributed by atoms with van der Waals surface area (Å²) in [4.78, 5) is 4.54. The average molecular weight is 292 g/mol. The van der Waals surface area contributed by atoms with Crippen LogP contribution in [0.2, 0.25) is 0 Å². The van der Waals surface area contributed by atoms with Crippen LogP contribution < -0.4 is 10.6 Å². The summed E-state index contributed by atoms with van der Waals surface area (Å²) < 4.78 is 0. The Hall–Kier alpha value is -1.79. The van der Waals surface area contributed by atoms with Crippen molar-refractivity contribution in [1.29, 1.82) is 0 Å². The summed E-state index contributed by atoms with van der Waals surface area (Å²) >= 11 is 0. The number of anilines is 1. The second kappa shape index (κ2) is 7.28. The minimum absolute atomic E-state index is 0.140. The van der Waals surface area contributed by atoms with Gasteiger partial charge in [-0.1, -0.05) is 11.2 Å². The monoisotopic (exact) mass is 292 g/mol. The number of β-amino-alcohol motifs (C(OH)–C–C–N with tert-alkyl or cyclic N) is 1. The van der Waals surface area contributed by atoms with Crippen LogP contribution in [0.4, 0.5) is 5.69 Å². The summed E-state index contributed by atoms with van der Waals surface area (Å²) in [7, 11) is 0. The molecule has 2 rings (SSSR count). The number of aryl methyl sites for hydroxylation is 1. The Labute approximate surface area is 125 Å². The highest BCUT2D eigenvalue weighted by atomic mass is 16.4. The standard InChI is InChI=1S/C15H24N4O2/c1-12-3-4-13(15(16)17-21)14(11-12)19-6-2-5-18(7-8-19)9-10-20/h3-4,11,20-21H,2,5-10H2,1H3,(H2,16,17). The van der Waals surface area contributed by atoms with Gasteiger partial charge in [-0.3, -0.25) is 4.90 Å². The number of aliphatic hydroxyl groups excluding tert-OH is 1. The molecular formula is C15H24N4O2. The van der Waals surface area contributed by atoms with Gasteiger partial charge in [-0.25, -0.2) is 0 Å². The molecule has 0 atom stereocenters. The first-order valence-corrected chi connectivity index (χ1v) is 7.32. The van der Waals surface area contributed by atoms with Crippen LogP contribution in [0.15, 0.2) is 23.4 Å². The molecule has 0 spiro atoms. The SMILES string of the molecule is Cc1ccc(/C(N)=N/O)c(N2CCCN(CCO)CC2)c1. The summed E-state index contributed by atoms with van der Waals surface area (Å²) in [6, 6.07) is 5.94. The second-order valence-corrected chi connectivity index (χ2v) is 5.41. The molecule has 6 heteroatoms. The first-order valence-electron chi connectivity index (χ1n) is 7.32. The fourth-order valence-electron chi connectivity index (χ4n) is 2.75. The molecule has 1 aromatic carbocycles. The zero-order chi connectivity index (χ0) is 15.2. The van der Waals surface area contributed by atoms with Gasteiger partial charge in [-0.15, -0.1) is 0 Å². The van der Waals surface area contributed by atoms with Crippen molar-refractivity contribution in [2.75, 3.05) is 44.2 Å². The Morgan fingerprint density at radius 3 is 2.81 bits per heavy atom. The fourth-order valence-corrected chi connectivity index (χ4v) is 2.75. The van der Waals surface area contributed by atoms with E-state index >= 15 is 0 Å². The number of hydrogen-bond donors (Lipinski definition) is 3. The molecule has 6 nitrogen and oxygen atoms in total. The van der Waals surface area contributed by atoms with Crippen molar-refractivity contribution >= 4 is 11.5 Å². The van der Waals surface area contributed by atoms with E-state index in [2.05, 4.69) is 21.0 Å². The highest BCUT2D eigenvalue weighted by molar-refractivity contribution is 6.02. The summed E-state index contributed by atoms with van der Waals surface area (Å²) in [5.74, 6) is 0.140. The lowest BCUT2D eigenvalue weighted by Crippen LogP contribution is -2.33. The van der Waals surface area contributed by atoms with Crippen LogP contribution in [-0.4, -0.2) is 60.4 Å². The third kappa shape index (κ3) is 3.86. The van der Waals surface area contributed by atoms with E-state index in [0.717, 1.165) is 56.0 Å². The number of aliphatic hydroxyl groups is 1. The highest BCUT2D eigenvalue weighted by Gasteiger charge is 2.18. The summed E-state index contributed by atoms with van der Waals surface area (Å²) in [6.07, 6.45) is 1.03. The van der Waals surface area contributed by atoms with E-state index in [0.29, 0.717) is 0 Å². The molecule has 4 N–H and O–H groups in total. The van der Waals surface area contributed by atoms with E-state index in [1.54, 1.807) is 0 Å². The van der Waals surface area contributed by atoms with Gasteiger partial charge in [0.05, 0.1) is 6.61 Å². The molecule has 1 fully saturated rings. The third-order valence-corrected chi connectivity index (χ3v) is 3.88. The lowest BCUT2D eigenvalue weighted by molar-refractivity contribution is 0.204. The molecule has 0 aliphatic carbocycles. The van der Waals surface area contributed by atoms with Gasteiger partial charge < -0.3 is 20.9 Å². The van der Waals surface area contributed by atoms with Gasteiger partial charge in [0.2, 0.25) is 0 Å². The number of oxime groups is 1. The third-order valence-electron chi connectivity index (χ3n) is 3.88. The Bertz CT molecular complexity index is 504. The molecule has 116 valence electrons. The Balaban J connectivity index is 2.22. The summed E-state index contributed by atoms with van der Waals surface area (Å²) in [6.45, 7) is 6.64. The topological polar surface area (TPSA) is 85.3 Å². The van der Waals surface area contributed by atoms with Crippen LogP contribution >= 0.6 is 0 Å². The number of hydrogen-bond acceptors (Lipinski definition) is 5. The maximum atomic E-state index is 9.06. The van der Waals surface area contributed by atoms with Gasteiger partial charge in [0.1, 0.15) is 0 Å². The van der Waals surface area contributed by atoms with Crippen molar-refractivity contribution in [3.63, 3.8) is 0 Å². The molecule has 1 heterocycles. The van der Waals surface area contributed by atoms with E-state index in [1.165, 1.54) is 0 Å². The number of rotatable bonds is 4. The zero-order valence-corrected chi connectivity index (χ0v) is 12.5. The van der Waals surface area contributed by atoms with Crippen molar-refractivity contribution in [2.24, 2.45) is 10.9 Å². The first kappa shape index (κ1) is 15.6. The molecule has 1 aromatic rings. The molecule has 0 aromatic heterocycles. The minimum atomic E-state index is 0.140. The van der Waals surface area contributed by atoms with Crippen molar-refractivity contribution in [1.82, 2.24) is 4.90 Å². The second-order valence-electron chi connectivity index (χ2n) is 5.41. The maximum absolute atomic E-state index is 9.06. The zero-order valence-electron chi connectivity index (χ0n) is 12.5. The predicted octanol–water partition coefficient (Wildman–Crippen LogP) is 0.594. The van der Waals surface area contributed by atoms with Crippen LogP contribution in [-0.2, 0) is 0 Å². The van der Waals surface area contributed by atoms with Crippen molar-refractivity contribution in [2.45, 2.75) is 13.3 Å². The minimum Gasteiger partial charge on any atom is -0.409 e. The molecule has 0 saturated carbocycles. The Morgan fingerprint density at radius 2 is 2.10 bits per heavy atom. The van der Waals surface area contributed by atoms with Crippen LogP contribution in [0.3, 0.4) is 0 Å². The largest absolute Gasteiger partial charge is 0.409 e. The predicted molar refractivity (Wildman–Crippen MR) is 84.0 cm³/mol. The highest BCUT2D eigenvalue weighted by Crippen LogP contribution is 2.23. The molecule has 0 bridgehead atoms. The molecule has 0 radical (unpaired) electrons. The fraction of sp³-hybridized carbons (Fsp3) is 0.533. The number of amidine groups is 1. The van der Waals surface area contributed by atoms with E-state index in [1.807, 2.05) is 19.1 Å². The maximum Gasteiger partial charge on any atom is 0.172 e.